The van der Waals surface area contributed by atoms with Gasteiger partial charge >= 0.3 is 0 Å². The molecule has 2 aromatic rings. The van der Waals surface area contributed by atoms with Gasteiger partial charge < -0.3 is 4.90 Å². The van der Waals surface area contributed by atoms with Crippen molar-refractivity contribution in [1.82, 2.24) is 9.21 Å². The Morgan fingerprint density at radius 1 is 1.16 bits per heavy atom. The Hall–Kier alpha value is -1.48. The minimum absolute atomic E-state index is 0.192. The van der Waals surface area contributed by atoms with Gasteiger partial charge in [0.1, 0.15) is 10.0 Å². The van der Waals surface area contributed by atoms with Crippen molar-refractivity contribution in [2.45, 2.75) is 11.1 Å². The SMILES string of the molecule is Cc1ccc(C(=O)N2CCN(S(=O)(=O)c3ccc(Cl)s3)CC2)cc1F. The summed E-state index contributed by atoms with van der Waals surface area (Å²) in [6, 6.07) is 7.38. The van der Waals surface area contributed by atoms with E-state index in [1.165, 1.54) is 21.3 Å². The molecule has 25 heavy (non-hydrogen) atoms. The van der Waals surface area contributed by atoms with Crippen molar-refractivity contribution < 1.29 is 17.6 Å². The minimum Gasteiger partial charge on any atom is -0.336 e. The Kier molecular flexibility index (Phi) is 5.15. The molecule has 134 valence electrons. The normalized spacial score (nSPS) is 16.2. The summed E-state index contributed by atoms with van der Waals surface area (Å²) in [5.41, 5.74) is 0.742. The van der Waals surface area contributed by atoms with E-state index < -0.39 is 15.8 Å². The molecule has 3 rings (SSSR count). The van der Waals surface area contributed by atoms with Crippen molar-refractivity contribution in [3.8, 4) is 0 Å². The summed E-state index contributed by atoms with van der Waals surface area (Å²) < 4.78 is 40.7. The first-order chi connectivity index (χ1) is 11.8. The van der Waals surface area contributed by atoms with E-state index in [1.807, 2.05) is 0 Å². The van der Waals surface area contributed by atoms with Gasteiger partial charge in [-0.25, -0.2) is 12.8 Å². The smallest absolute Gasteiger partial charge is 0.254 e. The molecule has 1 aromatic heterocycles. The van der Waals surface area contributed by atoms with Gasteiger partial charge in [-0.1, -0.05) is 17.7 Å². The lowest BCUT2D eigenvalue weighted by Crippen LogP contribution is -2.50. The fourth-order valence-corrected chi connectivity index (χ4v) is 5.66. The van der Waals surface area contributed by atoms with Crippen LogP contribution in [0.25, 0.3) is 0 Å². The maximum Gasteiger partial charge on any atom is 0.254 e. The molecule has 0 N–H and O–H groups in total. The summed E-state index contributed by atoms with van der Waals surface area (Å²) in [4.78, 5) is 14.0. The zero-order valence-electron chi connectivity index (χ0n) is 13.4. The Morgan fingerprint density at radius 2 is 1.84 bits per heavy atom. The van der Waals surface area contributed by atoms with E-state index in [0.717, 1.165) is 11.3 Å². The highest BCUT2D eigenvalue weighted by molar-refractivity contribution is 7.91. The molecular weight excluding hydrogens is 387 g/mol. The fourth-order valence-electron chi connectivity index (χ4n) is 2.60. The summed E-state index contributed by atoms with van der Waals surface area (Å²) in [5.74, 6) is -0.725. The number of benzene rings is 1. The van der Waals surface area contributed by atoms with Gasteiger partial charge in [0.05, 0.1) is 4.34 Å². The molecule has 0 aliphatic carbocycles. The first kappa shape index (κ1) is 18.3. The summed E-state index contributed by atoms with van der Waals surface area (Å²) in [6.07, 6.45) is 0. The lowest BCUT2D eigenvalue weighted by Gasteiger charge is -2.33. The fraction of sp³-hybridized carbons (Fsp3) is 0.312. The zero-order valence-corrected chi connectivity index (χ0v) is 15.8. The number of piperazine rings is 1. The number of hydrogen-bond acceptors (Lipinski definition) is 4. The Bertz CT molecular complexity index is 906. The van der Waals surface area contributed by atoms with Crippen LogP contribution in [0.5, 0.6) is 0 Å². The van der Waals surface area contributed by atoms with Gasteiger partial charge in [-0.05, 0) is 36.8 Å². The molecule has 0 unspecified atom stereocenters. The molecule has 9 heteroatoms. The Morgan fingerprint density at radius 3 is 2.40 bits per heavy atom. The van der Waals surface area contributed by atoms with E-state index in [-0.39, 0.29) is 41.9 Å². The molecule has 0 radical (unpaired) electrons. The topological polar surface area (TPSA) is 57.7 Å². The second-order valence-corrected chi connectivity index (χ2v) is 9.60. The van der Waals surface area contributed by atoms with Crippen LogP contribution in [-0.4, -0.2) is 49.7 Å². The summed E-state index contributed by atoms with van der Waals surface area (Å²) in [5, 5.41) is 0. The second-order valence-electron chi connectivity index (χ2n) is 5.72. The summed E-state index contributed by atoms with van der Waals surface area (Å²) in [6.45, 7) is 2.53. The van der Waals surface area contributed by atoms with Gasteiger partial charge in [0.25, 0.3) is 15.9 Å². The summed E-state index contributed by atoms with van der Waals surface area (Å²) >= 11 is 6.82. The molecule has 1 aliphatic heterocycles. The highest BCUT2D eigenvalue weighted by Gasteiger charge is 2.31. The minimum atomic E-state index is -3.60. The highest BCUT2D eigenvalue weighted by Crippen LogP contribution is 2.28. The number of carbonyl (C=O) groups excluding carboxylic acids is 1. The van der Waals surface area contributed by atoms with Crippen molar-refractivity contribution in [3.05, 3.63) is 51.6 Å². The van der Waals surface area contributed by atoms with Gasteiger partial charge in [0.15, 0.2) is 0 Å². The van der Waals surface area contributed by atoms with Gasteiger partial charge in [-0.3, -0.25) is 4.79 Å². The first-order valence-corrected chi connectivity index (χ1v) is 10.2. The number of hydrogen-bond donors (Lipinski definition) is 0. The molecule has 1 fully saturated rings. The molecular formula is C16H16ClFN2O3S2. The number of carbonyl (C=O) groups is 1. The predicted octanol–water partition coefficient (Wildman–Crippen LogP) is 3.00. The van der Waals surface area contributed by atoms with Crippen molar-refractivity contribution in [3.63, 3.8) is 0 Å². The van der Waals surface area contributed by atoms with Crippen LogP contribution in [0.3, 0.4) is 0 Å². The monoisotopic (exact) mass is 402 g/mol. The van der Waals surface area contributed by atoms with Crippen LogP contribution in [-0.2, 0) is 10.0 Å². The number of amides is 1. The first-order valence-electron chi connectivity index (χ1n) is 7.60. The Labute approximate surface area is 154 Å². The summed E-state index contributed by atoms with van der Waals surface area (Å²) in [7, 11) is -3.60. The molecule has 0 saturated carbocycles. The average Bonchev–Trinajstić information content (AvgIpc) is 3.04. The van der Waals surface area contributed by atoms with Crippen LogP contribution in [0.2, 0.25) is 4.34 Å². The maximum atomic E-state index is 13.6. The van der Waals surface area contributed by atoms with E-state index in [1.54, 1.807) is 25.1 Å². The number of nitrogens with zero attached hydrogens (tertiary/aromatic N) is 2. The zero-order chi connectivity index (χ0) is 18.2. The quantitative estimate of drug-likeness (QED) is 0.793. The van der Waals surface area contributed by atoms with Crippen LogP contribution in [0.15, 0.2) is 34.5 Å². The molecule has 1 saturated heterocycles. The van der Waals surface area contributed by atoms with Crippen LogP contribution in [0.4, 0.5) is 4.39 Å². The van der Waals surface area contributed by atoms with Crippen molar-refractivity contribution in [1.29, 1.82) is 0 Å². The van der Waals surface area contributed by atoms with E-state index in [0.29, 0.717) is 9.90 Å². The number of aryl methyl sites for hydroxylation is 1. The van der Waals surface area contributed by atoms with Crippen LogP contribution in [0, 0.1) is 12.7 Å². The lowest BCUT2D eigenvalue weighted by molar-refractivity contribution is 0.0697. The molecule has 1 aliphatic rings. The van der Waals surface area contributed by atoms with Crippen molar-refractivity contribution in [2.75, 3.05) is 26.2 Å². The second kappa shape index (κ2) is 7.03. The number of rotatable bonds is 3. The third kappa shape index (κ3) is 3.72. The van der Waals surface area contributed by atoms with E-state index in [2.05, 4.69) is 0 Å². The van der Waals surface area contributed by atoms with Gasteiger partial charge in [-0.15, -0.1) is 11.3 Å². The van der Waals surface area contributed by atoms with E-state index >= 15 is 0 Å². The van der Waals surface area contributed by atoms with Gasteiger partial charge in [0.2, 0.25) is 0 Å². The van der Waals surface area contributed by atoms with E-state index in [9.17, 15) is 17.6 Å². The largest absolute Gasteiger partial charge is 0.336 e. The van der Waals surface area contributed by atoms with Gasteiger partial charge in [-0.2, -0.15) is 4.31 Å². The number of sulfonamides is 1. The van der Waals surface area contributed by atoms with Crippen molar-refractivity contribution >= 4 is 38.9 Å². The Balaban J connectivity index is 1.69. The lowest BCUT2D eigenvalue weighted by atomic mass is 10.1. The van der Waals surface area contributed by atoms with Gasteiger partial charge in [0, 0.05) is 31.7 Å². The maximum absolute atomic E-state index is 13.6. The van der Waals surface area contributed by atoms with Crippen LogP contribution in [0.1, 0.15) is 15.9 Å². The molecule has 5 nitrogen and oxygen atoms in total. The molecule has 2 heterocycles. The van der Waals surface area contributed by atoms with Crippen LogP contribution >= 0.6 is 22.9 Å². The molecule has 0 bridgehead atoms. The average molecular weight is 403 g/mol. The predicted molar refractivity (Wildman–Crippen MR) is 95.1 cm³/mol. The number of thiophene rings is 1. The van der Waals surface area contributed by atoms with E-state index in [4.69, 9.17) is 11.6 Å². The highest BCUT2D eigenvalue weighted by atomic mass is 35.5. The molecule has 0 atom stereocenters. The molecule has 1 amide bonds. The molecule has 0 spiro atoms. The third-order valence-corrected chi connectivity index (χ3v) is 7.68. The third-order valence-electron chi connectivity index (χ3n) is 4.09. The standard InChI is InChI=1S/C16H16ClFN2O3S2/c1-11-2-3-12(10-13(11)18)16(21)19-6-8-20(9-7-19)25(22,23)15-5-4-14(17)24-15/h2-5,10H,6-9H2,1H3. The molecule has 1 aromatic carbocycles. The van der Waals surface area contributed by atoms with Crippen LogP contribution < -0.4 is 0 Å². The van der Waals surface area contributed by atoms with Crippen molar-refractivity contribution in [2.24, 2.45) is 0 Å². The number of halogens is 2.